The number of hydrogen-bond donors (Lipinski definition) is 8. The Kier molecular flexibility index (Phi) is 19.8. The fraction of sp³-hybridized carbons (Fsp3) is 0.571. The van der Waals surface area contributed by atoms with Crippen LogP contribution in [0.4, 0.5) is 0 Å². The van der Waals surface area contributed by atoms with Crippen molar-refractivity contribution in [2.24, 2.45) is 47.3 Å². The van der Waals surface area contributed by atoms with E-state index in [1.807, 2.05) is 0 Å². The van der Waals surface area contributed by atoms with Gasteiger partial charge in [-0.15, -0.1) is 47.0 Å². The SMILES string of the molecule is [Al+3].[Cl-].[Cl-].[Cl-].c1ccc(SC2CCC3C4NC(NC5NC(NC6NC(NC7NC(N4)C4CC(Sc8ccccc8)CCC74)C4CC(Sc7ccccc7)CCC64)C4CC(Sc6ccccc6)CCC54)C3C2)cc1. The van der Waals surface area contributed by atoms with Crippen LogP contribution >= 0.6 is 47.0 Å². The molecule has 12 atom stereocenters. The zero-order valence-electron chi connectivity index (χ0n) is 40.9. The smallest absolute Gasteiger partial charge is 1.00 e. The van der Waals surface area contributed by atoms with Crippen LogP contribution in [0.3, 0.4) is 0 Å². The third-order valence-corrected chi connectivity index (χ3v) is 23.3. The van der Waals surface area contributed by atoms with E-state index in [1.54, 1.807) is 0 Å². The Bertz CT molecular complexity index is 1980. The third kappa shape index (κ3) is 12.1. The predicted molar refractivity (Wildman–Crippen MR) is 289 cm³/mol. The Balaban J connectivity index is 0.00000160. The van der Waals surface area contributed by atoms with E-state index >= 15 is 0 Å². The standard InChI is InChI=1S/C56H72N8S4.Al.3ClH/c1-5-13-33(14-6-1)65-37-21-25-41-45(29-37)53-57-49(41)62-54-47-31-39(67-35-17-9-3-10-18-35)23-27-43(47)51(59-54)64-56-48-32-40(68-36-19-11-4-12-20-36)24-28-44(48)52(60-56)63-55-46-30-38(66-34-15-7-2-8-16-34)22-26-42(46)50(58-55)61-53;;;;/h1-20,37-64H,21-32H2;;3*1H/q;+3;;;/p-3. The van der Waals surface area contributed by atoms with Gasteiger partial charge in [0.15, 0.2) is 0 Å². The summed E-state index contributed by atoms with van der Waals surface area (Å²) in [7, 11) is 0. The molecule has 384 valence electrons. The van der Waals surface area contributed by atoms with E-state index in [0.29, 0.717) is 68.3 Å². The molecule has 8 bridgehead atoms. The number of thioether (sulfide) groups is 4. The second-order valence-corrected chi connectivity index (χ2v) is 27.4. The van der Waals surface area contributed by atoms with Gasteiger partial charge < -0.3 is 37.2 Å². The molecular formula is C56H72AlCl3N8S4. The summed E-state index contributed by atoms with van der Waals surface area (Å²) in [4.78, 5) is 5.66. The van der Waals surface area contributed by atoms with Crippen LogP contribution in [0, 0.1) is 47.3 Å². The normalized spacial score (nSPS) is 40.6. The fourth-order valence-corrected chi connectivity index (χ4v) is 20.1. The molecule has 72 heavy (non-hydrogen) atoms. The quantitative estimate of drug-likeness (QED) is 0.117. The monoisotopic (exact) mass is 1120 g/mol. The number of benzene rings is 4. The zero-order chi connectivity index (χ0) is 45.0. The average molecular weight is 1120 g/mol. The Morgan fingerprint density at radius 2 is 0.431 bits per heavy atom. The van der Waals surface area contributed by atoms with Gasteiger partial charge in [0.1, 0.15) is 0 Å². The van der Waals surface area contributed by atoms with Crippen LogP contribution in [0.25, 0.3) is 0 Å². The molecule has 5 aliphatic heterocycles. The first-order valence-corrected chi connectivity index (χ1v) is 30.1. The molecule has 9 fully saturated rings. The van der Waals surface area contributed by atoms with Crippen LogP contribution in [0.2, 0.25) is 0 Å². The van der Waals surface area contributed by atoms with Crippen molar-refractivity contribution in [3.05, 3.63) is 121 Å². The van der Waals surface area contributed by atoms with Crippen LogP contribution in [0.15, 0.2) is 141 Å². The van der Waals surface area contributed by atoms with Crippen molar-refractivity contribution >= 4 is 64.4 Å². The minimum Gasteiger partial charge on any atom is -1.00 e. The van der Waals surface area contributed by atoms with Gasteiger partial charge >= 0.3 is 17.4 Å². The zero-order valence-corrected chi connectivity index (χ0v) is 47.6. The molecule has 5 heterocycles. The summed E-state index contributed by atoms with van der Waals surface area (Å²) in [6.45, 7) is 0. The van der Waals surface area contributed by atoms with Crippen molar-refractivity contribution < 1.29 is 37.2 Å². The Morgan fingerprint density at radius 1 is 0.250 bits per heavy atom. The van der Waals surface area contributed by atoms with E-state index in [1.165, 1.54) is 96.6 Å². The number of halogens is 3. The molecule has 4 aromatic carbocycles. The number of hydrogen-bond acceptors (Lipinski definition) is 12. The second-order valence-electron chi connectivity index (χ2n) is 21.9. The first-order valence-electron chi connectivity index (χ1n) is 26.6. The molecule has 8 N–H and O–H groups in total. The first kappa shape index (κ1) is 56.1. The minimum atomic E-state index is 0. The van der Waals surface area contributed by atoms with Crippen LogP contribution in [-0.4, -0.2) is 87.7 Å². The van der Waals surface area contributed by atoms with Gasteiger partial charge in [-0.25, -0.2) is 0 Å². The topological polar surface area (TPSA) is 96.2 Å². The van der Waals surface area contributed by atoms with Gasteiger partial charge in [0.25, 0.3) is 0 Å². The summed E-state index contributed by atoms with van der Waals surface area (Å²) in [5.74, 6) is 4.62. The van der Waals surface area contributed by atoms with Gasteiger partial charge in [0, 0.05) is 40.6 Å². The summed E-state index contributed by atoms with van der Waals surface area (Å²) in [6.07, 6.45) is 17.2. The fourth-order valence-electron chi connectivity index (χ4n) is 15.0. The average Bonchev–Trinajstić information content (AvgIpc) is 4.10. The van der Waals surface area contributed by atoms with Crippen molar-refractivity contribution in [1.29, 1.82) is 0 Å². The molecule has 4 aliphatic carbocycles. The van der Waals surface area contributed by atoms with E-state index in [2.05, 4.69) is 211 Å². The Morgan fingerprint density at radius 3 is 0.625 bits per heavy atom. The largest absolute Gasteiger partial charge is 3.00 e. The van der Waals surface area contributed by atoms with Gasteiger partial charge in [-0.05, 0) is 173 Å². The van der Waals surface area contributed by atoms with Gasteiger partial charge in [-0.1, -0.05) is 72.8 Å². The maximum absolute atomic E-state index is 4.45. The van der Waals surface area contributed by atoms with Crippen molar-refractivity contribution in [1.82, 2.24) is 42.5 Å². The maximum Gasteiger partial charge on any atom is 3.00 e. The molecule has 16 heteroatoms. The molecule has 0 aromatic heterocycles. The van der Waals surface area contributed by atoms with Crippen molar-refractivity contribution in [3.63, 3.8) is 0 Å². The van der Waals surface area contributed by atoms with E-state index in [0.717, 1.165) is 0 Å². The van der Waals surface area contributed by atoms with Crippen molar-refractivity contribution in [2.75, 3.05) is 0 Å². The van der Waals surface area contributed by atoms with Crippen molar-refractivity contribution in [3.8, 4) is 0 Å². The first-order chi connectivity index (χ1) is 33.6. The summed E-state index contributed by atoms with van der Waals surface area (Å²) >= 11 is 8.50. The van der Waals surface area contributed by atoms with Crippen LogP contribution in [0.1, 0.15) is 77.0 Å². The molecule has 8 nitrogen and oxygen atoms in total. The maximum atomic E-state index is 4.45. The molecule has 9 aliphatic rings. The van der Waals surface area contributed by atoms with Crippen LogP contribution < -0.4 is 79.8 Å². The molecule has 13 rings (SSSR count). The van der Waals surface area contributed by atoms with Gasteiger partial charge in [-0.3, -0.25) is 42.5 Å². The molecule has 5 saturated heterocycles. The summed E-state index contributed by atoms with van der Waals surface area (Å²) in [5, 5.41) is 37.8. The van der Waals surface area contributed by atoms with Crippen LogP contribution in [-0.2, 0) is 0 Å². The predicted octanol–water partition coefficient (Wildman–Crippen LogP) is 0.320. The minimum absolute atomic E-state index is 0. The van der Waals surface area contributed by atoms with E-state index in [4.69, 9.17) is 0 Å². The van der Waals surface area contributed by atoms with E-state index in [-0.39, 0.29) is 104 Å². The van der Waals surface area contributed by atoms with Gasteiger partial charge in [-0.2, -0.15) is 0 Å². The number of nitrogens with one attached hydrogen (secondary N) is 8. The second kappa shape index (κ2) is 25.4. The molecule has 0 radical (unpaired) electrons. The molecule has 4 aromatic rings. The number of fused-ring (bicyclic) bond motifs is 20. The van der Waals surface area contributed by atoms with E-state index < -0.39 is 0 Å². The molecule has 0 spiro atoms. The molecule has 4 saturated carbocycles. The number of rotatable bonds is 8. The summed E-state index contributed by atoms with van der Waals surface area (Å²) < 4.78 is 0. The summed E-state index contributed by atoms with van der Waals surface area (Å²) in [5.41, 5.74) is 0. The van der Waals surface area contributed by atoms with E-state index in [9.17, 15) is 0 Å². The third-order valence-electron chi connectivity index (χ3n) is 18.1. The Hall–Kier alpha value is -0.638. The summed E-state index contributed by atoms with van der Waals surface area (Å²) in [6, 6.07) is 44.8. The molecular weight excluding hydrogens is 1050 g/mol. The van der Waals surface area contributed by atoms with Crippen LogP contribution in [0.5, 0.6) is 0 Å². The molecule has 12 unspecified atom stereocenters. The Labute approximate surface area is 475 Å². The van der Waals surface area contributed by atoms with Gasteiger partial charge in [0.2, 0.25) is 0 Å². The van der Waals surface area contributed by atoms with Crippen molar-refractivity contribution in [2.45, 2.75) is 167 Å². The molecule has 0 amide bonds. The van der Waals surface area contributed by atoms with Gasteiger partial charge in [0.05, 0.1) is 49.3 Å².